The number of hydrogen-bond donors (Lipinski definition) is 1. The van der Waals surface area contributed by atoms with E-state index in [4.69, 9.17) is 21.3 Å². The Morgan fingerprint density at radius 1 is 1.13 bits per heavy atom. The number of hydrogen-bond acceptors (Lipinski definition) is 6. The van der Waals surface area contributed by atoms with Crippen molar-refractivity contribution >= 4 is 40.6 Å². The number of nitrogens with zero attached hydrogens (tertiary/aromatic N) is 3. The molecule has 0 unspecified atom stereocenters. The molecule has 1 N–H and O–H groups in total. The van der Waals surface area contributed by atoms with Crippen LogP contribution in [0.3, 0.4) is 0 Å². The van der Waals surface area contributed by atoms with Crippen molar-refractivity contribution in [2.75, 3.05) is 42.4 Å². The van der Waals surface area contributed by atoms with Crippen LogP contribution >= 0.6 is 23.4 Å². The van der Waals surface area contributed by atoms with Gasteiger partial charge in [-0.15, -0.1) is 11.6 Å². The fourth-order valence-electron chi connectivity index (χ4n) is 3.30. The smallest absolute Gasteiger partial charge is 0.239 e. The largest absolute Gasteiger partial charge is 0.378 e. The Hall–Kier alpha value is -2.61. The van der Waals surface area contributed by atoms with Gasteiger partial charge in [0.2, 0.25) is 5.91 Å². The minimum atomic E-state index is -0.229. The van der Waals surface area contributed by atoms with Crippen LogP contribution in [-0.4, -0.2) is 48.1 Å². The second-order valence-electron chi connectivity index (χ2n) is 7.07. The van der Waals surface area contributed by atoms with E-state index in [9.17, 15) is 4.79 Å². The zero-order valence-electron chi connectivity index (χ0n) is 17.0. The molecule has 0 saturated carbocycles. The highest BCUT2D eigenvalue weighted by atomic mass is 35.5. The van der Waals surface area contributed by atoms with Crippen molar-refractivity contribution in [3.05, 3.63) is 72.2 Å². The van der Waals surface area contributed by atoms with Gasteiger partial charge in [0.25, 0.3) is 0 Å². The van der Waals surface area contributed by atoms with Gasteiger partial charge in [0.1, 0.15) is 16.7 Å². The Morgan fingerprint density at radius 2 is 1.94 bits per heavy atom. The number of alkyl halides is 1. The molecule has 0 atom stereocenters. The van der Waals surface area contributed by atoms with Crippen LogP contribution in [0.5, 0.6) is 0 Å². The average Bonchev–Trinajstić information content (AvgIpc) is 2.80. The van der Waals surface area contributed by atoms with Gasteiger partial charge < -0.3 is 15.0 Å². The van der Waals surface area contributed by atoms with E-state index >= 15 is 0 Å². The Bertz CT molecular complexity index is 1030. The maximum absolute atomic E-state index is 11.5. The minimum absolute atomic E-state index is 0.0694. The van der Waals surface area contributed by atoms with E-state index in [2.05, 4.69) is 39.5 Å². The summed E-state index contributed by atoms with van der Waals surface area (Å²) in [5, 5.41) is 3.62. The number of anilines is 2. The summed E-state index contributed by atoms with van der Waals surface area (Å²) in [6.07, 6.45) is 2.45. The van der Waals surface area contributed by atoms with E-state index in [1.807, 2.05) is 30.3 Å². The predicted octanol–water partition coefficient (Wildman–Crippen LogP) is 4.23. The first-order chi connectivity index (χ1) is 15.2. The van der Waals surface area contributed by atoms with Crippen LogP contribution < -0.4 is 10.2 Å². The van der Waals surface area contributed by atoms with Gasteiger partial charge in [-0.05, 0) is 42.0 Å². The molecule has 160 valence electrons. The van der Waals surface area contributed by atoms with Crippen LogP contribution in [0, 0.1) is 0 Å². The van der Waals surface area contributed by atoms with Crippen molar-refractivity contribution in [2.24, 2.45) is 0 Å². The number of halogens is 1. The average molecular weight is 455 g/mol. The molecule has 1 aliphatic rings. The summed E-state index contributed by atoms with van der Waals surface area (Å²) in [7, 11) is 0. The minimum Gasteiger partial charge on any atom is -0.378 e. The molecule has 31 heavy (non-hydrogen) atoms. The summed E-state index contributed by atoms with van der Waals surface area (Å²) in [6.45, 7) is 3.42. The lowest BCUT2D eigenvalue weighted by Crippen LogP contribution is -2.36. The molecule has 2 heterocycles. The highest BCUT2D eigenvalue weighted by Gasteiger charge is 2.11. The van der Waals surface area contributed by atoms with Gasteiger partial charge in [-0.1, -0.05) is 30.0 Å². The second kappa shape index (κ2) is 10.6. The summed E-state index contributed by atoms with van der Waals surface area (Å²) in [4.78, 5) is 24.0. The molecule has 1 amide bonds. The van der Waals surface area contributed by atoms with Gasteiger partial charge >= 0.3 is 0 Å². The number of ether oxygens (including phenoxy) is 1. The lowest BCUT2D eigenvalue weighted by molar-refractivity contribution is -0.113. The maximum Gasteiger partial charge on any atom is 0.239 e. The fraction of sp³-hybridized carbons (Fsp3) is 0.261. The first-order valence-electron chi connectivity index (χ1n) is 10.1. The summed E-state index contributed by atoms with van der Waals surface area (Å²) < 4.78 is 5.42. The van der Waals surface area contributed by atoms with Crippen LogP contribution in [0.4, 0.5) is 11.4 Å². The van der Waals surface area contributed by atoms with Crippen molar-refractivity contribution < 1.29 is 9.53 Å². The zero-order valence-corrected chi connectivity index (χ0v) is 18.5. The highest BCUT2D eigenvalue weighted by Crippen LogP contribution is 2.28. The normalized spacial score (nSPS) is 13.8. The summed E-state index contributed by atoms with van der Waals surface area (Å²) in [5.74, 6) is 0.476. The Balaban J connectivity index is 1.40. The standard InChI is InChI=1S/C23H23ClN4O2S/c24-16-22(29)26-18-2-1-3-20(15-18)31-23-8-9-25-21(27-23)14-17-4-6-19(7-5-17)28-10-12-30-13-11-28/h1-9,15H,10-14,16H2,(H,26,29). The second-order valence-corrected chi connectivity index (χ2v) is 8.43. The molecular weight excluding hydrogens is 432 g/mol. The van der Waals surface area contributed by atoms with Crippen LogP contribution in [0.2, 0.25) is 0 Å². The lowest BCUT2D eigenvalue weighted by Gasteiger charge is -2.28. The van der Waals surface area contributed by atoms with E-state index in [1.54, 1.807) is 6.20 Å². The first kappa shape index (κ1) is 21.6. The lowest BCUT2D eigenvalue weighted by atomic mass is 10.1. The molecule has 6 nitrogen and oxygen atoms in total. The Labute approximate surface area is 191 Å². The van der Waals surface area contributed by atoms with Gasteiger partial charge in [0.05, 0.1) is 13.2 Å². The van der Waals surface area contributed by atoms with Crippen molar-refractivity contribution in [1.82, 2.24) is 9.97 Å². The number of carbonyl (C=O) groups excluding carboxylic acids is 1. The highest BCUT2D eigenvalue weighted by molar-refractivity contribution is 7.99. The number of benzene rings is 2. The van der Waals surface area contributed by atoms with Crippen molar-refractivity contribution in [1.29, 1.82) is 0 Å². The predicted molar refractivity (Wildman–Crippen MR) is 124 cm³/mol. The molecule has 1 aromatic heterocycles. The number of aromatic nitrogens is 2. The van der Waals surface area contributed by atoms with Crippen molar-refractivity contribution in [2.45, 2.75) is 16.3 Å². The Morgan fingerprint density at radius 3 is 2.71 bits per heavy atom. The molecule has 8 heteroatoms. The molecule has 3 aromatic rings. The maximum atomic E-state index is 11.5. The van der Waals surface area contributed by atoms with Gasteiger partial charge in [-0.25, -0.2) is 9.97 Å². The monoisotopic (exact) mass is 454 g/mol. The third kappa shape index (κ3) is 6.19. The third-order valence-corrected chi connectivity index (χ3v) is 5.99. The molecular formula is C23H23ClN4O2S. The number of nitrogens with one attached hydrogen (secondary N) is 1. The van der Waals surface area contributed by atoms with Gasteiger partial charge in [-0.3, -0.25) is 4.79 Å². The van der Waals surface area contributed by atoms with Gasteiger partial charge in [-0.2, -0.15) is 0 Å². The molecule has 1 aliphatic heterocycles. The van der Waals surface area contributed by atoms with E-state index in [-0.39, 0.29) is 11.8 Å². The zero-order chi connectivity index (χ0) is 21.5. The fourth-order valence-corrected chi connectivity index (χ4v) is 4.22. The summed E-state index contributed by atoms with van der Waals surface area (Å²) in [5.41, 5.74) is 3.11. The van der Waals surface area contributed by atoms with Crippen LogP contribution in [-0.2, 0) is 16.0 Å². The molecule has 0 radical (unpaired) electrons. The number of rotatable bonds is 7. The summed E-state index contributed by atoms with van der Waals surface area (Å²) in [6, 6.07) is 18.1. The van der Waals surface area contributed by atoms with E-state index in [0.717, 1.165) is 42.0 Å². The van der Waals surface area contributed by atoms with Gasteiger partial charge in [0.15, 0.2) is 0 Å². The SMILES string of the molecule is O=C(CCl)Nc1cccc(Sc2ccnc(Cc3ccc(N4CCOCC4)cc3)n2)c1. The van der Waals surface area contributed by atoms with E-state index in [1.165, 1.54) is 23.0 Å². The number of morpholine rings is 1. The molecule has 1 saturated heterocycles. The molecule has 1 fully saturated rings. The number of amides is 1. The van der Waals surface area contributed by atoms with Gasteiger partial charge in [0, 0.05) is 42.0 Å². The molecule has 0 spiro atoms. The quantitative estimate of drug-likeness (QED) is 0.425. The molecule has 0 aliphatic carbocycles. The van der Waals surface area contributed by atoms with Crippen molar-refractivity contribution in [3.63, 3.8) is 0 Å². The third-order valence-electron chi connectivity index (χ3n) is 4.82. The van der Waals surface area contributed by atoms with Crippen LogP contribution in [0.1, 0.15) is 11.4 Å². The Kier molecular flexibility index (Phi) is 7.40. The molecule has 0 bridgehead atoms. The number of carbonyl (C=O) groups is 1. The van der Waals surface area contributed by atoms with Crippen LogP contribution in [0.15, 0.2) is 70.7 Å². The molecule has 4 rings (SSSR count). The van der Waals surface area contributed by atoms with Crippen molar-refractivity contribution in [3.8, 4) is 0 Å². The van der Waals surface area contributed by atoms with Crippen LogP contribution in [0.25, 0.3) is 0 Å². The first-order valence-corrected chi connectivity index (χ1v) is 11.4. The summed E-state index contributed by atoms with van der Waals surface area (Å²) >= 11 is 7.09. The van der Waals surface area contributed by atoms with E-state index < -0.39 is 0 Å². The molecule has 2 aromatic carbocycles. The van der Waals surface area contributed by atoms with E-state index in [0.29, 0.717) is 12.1 Å². The topological polar surface area (TPSA) is 67.4 Å².